The van der Waals surface area contributed by atoms with E-state index in [1.165, 1.54) is 6.92 Å². The highest BCUT2D eigenvalue weighted by atomic mass is 16.5. The van der Waals surface area contributed by atoms with E-state index in [9.17, 15) is 28.8 Å². The number of fused-ring (bicyclic) bond motifs is 3. The topological polar surface area (TPSA) is 209 Å². The van der Waals surface area contributed by atoms with Crippen LogP contribution in [0.15, 0.2) is 48.5 Å². The fourth-order valence-corrected chi connectivity index (χ4v) is 4.73. The van der Waals surface area contributed by atoms with E-state index in [1.807, 2.05) is 48.5 Å². The number of carbonyl (C=O) groups excluding carboxylic acids is 6. The molecular weight excluding hydrogens is 558 g/mol. The first-order valence-electron chi connectivity index (χ1n) is 13.8. The molecule has 0 bridgehead atoms. The Balaban J connectivity index is 1.50. The standard InChI is InChI=1S/C30H37N5O8/c1-16(2)26(28(39)33-17(3)29(40)42-15-25(37)34-23(27(32)38)12-13-24(31)36)35-30(41)43-14-22-20-10-6-4-8-18(20)19-9-5-7-11-21(19)22/h4-11,16-17,22-23,26H,12-15H2,1-3H3,(H2,31,36)(H2,32,38)(H,33,39)(H,34,37)(H,35,41)/t17-,23-,26-/m0/s1. The van der Waals surface area contributed by atoms with E-state index in [0.717, 1.165) is 22.3 Å². The molecule has 0 saturated heterocycles. The average molecular weight is 596 g/mol. The lowest BCUT2D eigenvalue weighted by molar-refractivity contribution is -0.151. The van der Waals surface area contributed by atoms with Gasteiger partial charge in [0.15, 0.2) is 6.61 Å². The molecule has 0 aromatic heterocycles. The number of nitrogens with two attached hydrogens (primary N) is 2. The third-order valence-corrected chi connectivity index (χ3v) is 6.98. The van der Waals surface area contributed by atoms with Gasteiger partial charge in [-0.3, -0.25) is 19.2 Å². The number of esters is 1. The summed E-state index contributed by atoms with van der Waals surface area (Å²) >= 11 is 0. The first kappa shape index (κ1) is 32.6. The van der Waals surface area contributed by atoms with Crippen LogP contribution in [0.4, 0.5) is 4.79 Å². The van der Waals surface area contributed by atoms with Crippen molar-refractivity contribution in [3.05, 3.63) is 59.7 Å². The number of nitrogens with one attached hydrogen (secondary N) is 3. The van der Waals surface area contributed by atoms with Gasteiger partial charge in [-0.25, -0.2) is 9.59 Å². The summed E-state index contributed by atoms with van der Waals surface area (Å²) in [4.78, 5) is 72.6. The third-order valence-electron chi connectivity index (χ3n) is 6.98. The largest absolute Gasteiger partial charge is 0.454 e. The minimum Gasteiger partial charge on any atom is -0.454 e. The summed E-state index contributed by atoms with van der Waals surface area (Å²) in [6, 6.07) is 12.4. The molecule has 0 unspecified atom stereocenters. The average Bonchev–Trinajstić information content (AvgIpc) is 3.28. The van der Waals surface area contributed by atoms with Gasteiger partial charge < -0.3 is 36.9 Å². The number of hydrogen-bond acceptors (Lipinski definition) is 8. The number of amides is 5. The summed E-state index contributed by atoms with van der Waals surface area (Å²) in [5.74, 6) is -4.50. The second-order valence-corrected chi connectivity index (χ2v) is 10.6. The molecule has 0 spiro atoms. The molecule has 1 aliphatic rings. The van der Waals surface area contributed by atoms with Gasteiger partial charge in [0.05, 0.1) is 0 Å². The Hall–Kier alpha value is -4.94. The van der Waals surface area contributed by atoms with Crippen molar-refractivity contribution in [1.29, 1.82) is 0 Å². The first-order valence-corrected chi connectivity index (χ1v) is 13.8. The van der Waals surface area contributed by atoms with Crippen LogP contribution in [-0.4, -0.2) is 67.0 Å². The molecule has 3 atom stereocenters. The molecule has 5 amide bonds. The number of primary amides is 2. The zero-order chi connectivity index (χ0) is 31.7. The Morgan fingerprint density at radius 1 is 0.814 bits per heavy atom. The molecule has 13 heteroatoms. The molecule has 0 fully saturated rings. The lowest BCUT2D eigenvalue weighted by Crippen LogP contribution is -2.53. The number of alkyl carbamates (subject to hydrolysis) is 1. The summed E-state index contributed by atoms with van der Waals surface area (Å²) in [7, 11) is 0. The van der Waals surface area contributed by atoms with Gasteiger partial charge in [-0.1, -0.05) is 62.4 Å². The van der Waals surface area contributed by atoms with Crippen LogP contribution >= 0.6 is 0 Å². The quantitative estimate of drug-likeness (QED) is 0.197. The van der Waals surface area contributed by atoms with Crippen molar-refractivity contribution in [3.8, 4) is 11.1 Å². The van der Waals surface area contributed by atoms with Gasteiger partial charge in [-0.2, -0.15) is 0 Å². The van der Waals surface area contributed by atoms with Crippen LogP contribution in [0.1, 0.15) is 50.7 Å². The number of ether oxygens (including phenoxy) is 2. The van der Waals surface area contributed by atoms with E-state index >= 15 is 0 Å². The predicted octanol–water partition coefficient (Wildman–Crippen LogP) is 0.833. The van der Waals surface area contributed by atoms with Gasteiger partial charge in [-0.15, -0.1) is 0 Å². The second-order valence-electron chi connectivity index (χ2n) is 10.6. The first-order chi connectivity index (χ1) is 20.4. The normalized spacial score (nSPS) is 14.0. The van der Waals surface area contributed by atoms with Gasteiger partial charge in [-0.05, 0) is 41.5 Å². The fraction of sp³-hybridized carbons (Fsp3) is 0.400. The maximum Gasteiger partial charge on any atom is 0.407 e. The van der Waals surface area contributed by atoms with Crippen LogP contribution in [0, 0.1) is 5.92 Å². The molecule has 0 heterocycles. The number of rotatable bonds is 14. The molecule has 0 aliphatic heterocycles. The molecule has 1 aliphatic carbocycles. The summed E-state index contributed by atoms with van der Waals surface area (Å²) < 4.78 is 10.5. The van der Waals surface area contributed by atoms with Crippen molar-refractivity contribution in [2.45, 2.75) is 57.7 Å². The lowest BCUT2D eigenvalue weighted by atomic mass is 9.98. The van der Waals surface area contributed by atoms with Crippen molar-refractivity contribution in [2.24, 2.45) is 17.4 Å². The van der Waals surface area contributed by atoms with Crippen molar-refractivity contribution < 1.29 is 38.2 Å². The van der Waals surface area contributed by atoms with Crippen LogP contribution in [-0.2, 0) is 33.4 Å². The minimum atomic E-state index is -1.17. The van der Waals surface area contributed by atoms with Gasteiger partial charge >= 0.3 is 12.1 Å². The monoisotopic (exact) mass is 595 g/mol. The summed E-state index contributed by atoms with van der Waals surface area (Å²) in [6.45, 7) is 4.09. The highest BCUT2D eigenvalue weighted by molar-refractivity contribution is 5.91. The van der Waals surface area contributed by atoms with Gasteiger partial charge in [0.1, 0.15) is 24.7 Å². The Bertz CT molecular complexity index is 1330. The lowest BCUT2D eigenvalue weighted by Gasteiger charge is -2.24. The zero-order valence-electron chi connectivity index (χ0n) is 24.3. The van der Waals surface area contributed by atoms with Crippen molar-refractivity contribution in [2.75, 3.05) is 13.2 Å². The summed E-state index contributed by atoms with van der Waals surface area (Å²) in [5.41, 5.74) is 14.5. The Labute approximate surface area is 249 Å². The van der Waals surface area contributed by atoms with Gasteiger partial charge in [0, 0.05) is 12.3 Å². The van der Waals surface area contributed by atoms with Crippen LogP contribution in [0.3, 0.4) is 0 Å². The van der Waals surface area contributed by atoms with E-state index in [1.54, 1.807) is 13.8 Å². The Morgan fingerprint density at radius 2 is 1.40 bits per heavy atom. The molecule has 2 aromatic rings. The highest BCUT2D eigenvalue weighted by Crippen LogP contribution is 2.44. The van der Waals surface area contributed by atoms with Crippen LogP contribution in [0.2, 0.25) is 0 Å². The fourth-order valence-electron chi connectivity index (χ4n) is 4.73. The predicted molar refractivity (Wildman–Crippen MR) is 155 cm³/mol. The number of benzene rings is 2. The van der Waals surface area contributed by atoms with Crippen molar-refractivity contribution in [1.82, 2.24) is 16.0 Å². The third kappa shape index (κ3) is 8.77. The maximum atomic E-state index is 13.0. The van der Waals surface area contributed by atoms with Gasteiger partial charge in [0.25, 0.3) is 5.91 Å². The highest BCUT2D eigenvalue weighted by Gasteiger charge is 2.31. The molecule has 0 saturated carbocycles. The van der Waals surface area contributed by atoms with Crippen molar-refractivity contribution >= 4 is 35.7 Å². The summed E-state index contributed by atoms with van der Waals surface area (Å²) in [6.07, 6.45) is -1.08. The Kier molecular flexibility index (Phi) is 11.2. The smallest absolute Gasteiger partial charge is 0.407 e. The summed E-state index contributed by atoms with van der Waals surface area (Å²) in [5, 5.41) is 7.29. The molecule has 2 aromatic carbocycles. The van der Waals surface area contributed by atoms with E-state index < -0.39 is 60.4 Å². The molecule has 230 valence electrons. The van der Waals surface area contributed by atoms with Gasteiger partial charge in [0.2, 0.25) is 17.7 Å². The molecule has 3 rings (SSSR count). The molecule has 0 radical (unpaired) electrons. The van der Waals surface area contributed by atoms with E-state index in [0.29, 0.717) is 0 Å². The van der Waals surface area contributed by atoms with Crippen LogP contribution in [0.25, 0.3) is 11.1 Å². The second kappa shape index (κ2) is 14.8. The molecule has 13 nitrogen and oxygen atoms in total. The SMILES string of the molecule is CC(C)[C@H](NC(=O)OCC1c2ccccc2-c2ccccc21)C(=O)N[C@@H](C)C(=O)OCC(=O)N[C@@H](CCC(N)=O)C(N)=O. The van der Waals surface area contributed by atoms with E-state index in [4.69, 9.17) is 20.9 Å². The van der Waals surface area contributed by atoms with Crippen molar-refractivity contribution in [3.63, 3.8) is 0 Å². The van der Waals surface area contributed by atoms with Crippen LogP contribution < -0.4 is 27.4 Å². The van der Waals surface area contributed by atoms with Crippen LogP contribution in [0.5, 0.6) is 0 Å². The van der Waals surface area contributed by atoms with E-state index in [-0.39, 0.29) is 31.3 Å². The number of hydrogen-bond donors (Lipinski definition) is 5. The maximum absolute atomic E-state index is 13.0. The minimum absolute atomic E-state index is 0.0657. The molecular formula is C30H37N5O8. The zero-order valence-corrected chi connectivity index (χ0v) is 24.3. The molecule has 43 heavy (non-hydrogen) atoms. The number of carbonyl (C=O) groups is 6. The molecule has 7 N–H and O–H groups in total. The van der Waals surface area contributed by atoms with E-state index in [2.05, 4.69) is 16.0 Å². The Morgan fingerprint density at radius 3 is 1.93 bits per heavy atom.